The first-order chi connectivity index (χ1) is 15.6. The maximum Gasteiger partial charge on any atom is 0.279 e. The number of nitrogens with one attached hydrogen (secondary N) is 1. The molecule has 0 bridgehead atoms. The van der Waals surface area contributed by atoms with Crippen LogP contribution in [0.2, 0.25) is 0 Å². The van der Waals surface area contributed by atoms with Crippen LogP contribution in [0.25, 0.3) is 16.5 Å². The van der Waals surface area contributed by atoms with Crippen LogP contribution < -0.4 is 15.6 Å². The lowest BCUT2D eigenvalue weighted by Crippen LogP contribution is -2.45. The van der Waals surface area contributed by atoms with Crippen molar-refractivity contribution >= 4 is 16.7 Å². The molecule has 0 unspecified atom stereocenters. The number of hydrogen-bond donors (Lipinski definition) is 1. The summed E-state index contributed by atoms with van der Waals surface area (Å²) in [6.45, 7) is 5.78. The molecule has 2 aromatic carbocycles. The van der Waals surface area contributed by atoms with E-state index in [0.29, 0.717) is 28.8 Å². The van der Waals surface area contributed by atoms with E-state index < -0.39 is 0 Å². The van der Waals surface area contributed by atoms with Gasteiger partial charge in [-0.15, -0.1) is 0 Å². The molecule has 168 valence electrons. The molecule has 32 heavy (non-hydrogen) atoms. The van der Waals surface area contributed by atoms with E-state index in [2.05, 4.69) is 27.3 Å². The van der Waals surface area contributed by atoms with Crippen molar-refractivity contribution in [2.75, 3.05) is 53.4 Å². The van der Waals surface area contributed by atoms with Crippen LogP contribution in [-0.4, -0.2) is 78.9 Å². The van der Waals surface area contributed by atoms with E-state index in [-0.39, 0.29) is 17.2 Å². The number of carbonyl (C=O) groups excluding carboxylic acids is 1. The Morgan fingerprint density at radius 1 is 1.06 bits per heavy atom. The van der Waals surface area contributed by atoms with Gasteiger partial charge >= 0.3 is 0 Å². The van der Waals surface area contributed by atoms with Gasteiger partial charge in [0.25, 0.3) is 11.5 Å². The molecule has 3 aromatic rings. The van der Waals surface area contributed by atoms with Gasteiger partial charge in [-0.25, -0.2) is 0 Å². The highest BCUT2D eigenvalue weighted by Crippen LogP contribution is 2.18. The molecule has 1 amide bonds. The molecular weight excluding hydrogens is 406 g/mol. The Kier molecular flexibility index (Phi) is 6.82. The van der Waals surface area contributed by atoms with Crippen molar-refractivity contribution in [2.45, 2.75) is 6.42 Å². The van der Waals surface area contributed by atoms with E-state index in [1.807, 2.05) is 6.07 Å². The van der Waals surface area contributed by atoms with E-state index in [0.717, 1.165) is 39.1 Å². The summed E-state index contributed by atoms with van der Waals surface area (Å²) in [5, 5.41) is 8.43. The number of benzene rings is 2. The van der Waals surface area contributed by atoms with Gasteiger partial charge in [0.05, 0.1) is 18.2 Å². The average molecular weight is 436 g/mol. The number of aromatic nitrogens is 2. The largest absolute Gasteiger partial charge is 0.497 e. The monoisotopic (exact) mass is 435 g/mol. The van der Waals surface area contributed by atoms with Crippen molar-refractivity contribution < 1.29 is 9.53 Å². The number of ether oxygens (including phenoxy) is 1. The smallest absolute Gasteiger partial charge is 0.279 e. The molecule has 0 atom stereocenters. The lowest BCUT2D eigenvalue weighted by atomic mass is 10.1. The lowest BCUT2D eigenvalue weighted by Gasteiger charge is -2.32. The summed E-state index contributed by atoms with van der Waals surface area (Å²) in [6, 6.07) is 14.2. The van der Waals surface area contributed by atoms with Crippen LogP contribution in [0.15, 0.2) is 53.3 Å². The van der Waals surface area contributed by atoms with Crippen molar-refractivity contribution in [1.82, 2.24) is 24.9 Å². The number of piperazine rings is 1. The molecule has 8 heteroatoms. The first-order valence-electron chi connectivity index (χ1n) is 10.9. The molecule has 0 spiro atoms. The molecule has 0 radical (unpaired) electrons. The SMILES string of the molecule is COc1cccc(-n2nc(C(=O)NCCCN3CCN(C)CC3)c3ccccc3c2=O)c1. The van der Waals surface area contributed by atoms with Crippen molar-refractivity contribution in [2.24, 2.45) is 0 Å². The summed E-state index contributed by atoms with van der Waals surface area (Å²) >= 11 is 0. The van der Waals surface area contributed by atoms with Gasteiger partial charge in [0, 0.05) is 44.2 Å². The van der Waals surface area contributed by atoms with Gasteiger partial charge in [-0.1, -0.05) is 24.3 Å². The summed E-state index contributed by atoms with van der Waals surface area (Å²) in [4.78, 5) is 30.9. The molecule has 1 fully saturated rings. The van der Waals surface area contributed by atoms with E-state index in [9.17, 15) is 9.59 Å². The molecule has 1 aliphatic rings. The number of hydrogen-bond acceptors (Lipinski definition) is 6. The minimum Gasteiger partial charge on any atom is -0.497 e. The summed E-state index contributed by atoms with van der Waals surface area (Å²) in [6.07, 6.45) is 0.864. The molecule has 8 nitrogen and oxygen atoms in total. The summed E-state index contributed by atoms with van der Waals surface area (Å²) in [5.74, 6) is 0.329. The van der Waals surface area contributed by atoms with E-state index in [1.165, 1.54) is 4.68 Å². The van der Waals surface area contributed by atoms with Crippen molar-refractivity contribution in [3.8, 4) is 11.4 Å². The van der Waals surface area contributed by atoms with Gasteiger partial charge in [0.15, 0.2) is 5.69 Å². The Balaban J connectivity index is 1.54. The Morgan fingerprint density at radius 3 is 2.56 bits per heavy atom. The van der Waals surface area contributed by atoms with E-state index in [1.54, 1.807) is 49.6 Å². The summed E-state index contributed by atoms with van der Waals surface area (Å²) < 4.78 is 6.54. The third-order valence-corrected chi connectivity index (χ3v) is 5.85. The number of nitrogens with zero attached hydrogens (tertiary/aromatic N) is 4. The zero-order valence-corrected chi connectivity index (χ0v) is 18.6. The van der Waals surface area contributed by atoms with Gasteiger partial charge in [-0.3, -0.25) is 9.59 Å². The number of carbonyl (C=O) groups is 1. The van der Waals surface area contributed by atoms with Gasteiger partial charge in [0.2, 0.25) is 0 Å². The van der Waals surface area contributed by atoms with E-state index >= 15 is 0 Å². The summed E-state index contributed by atoms with van der Waals surface area (Å²) in [5.41, 5.74) is 0.507. The third-order valence-electron chi connectivity index (χ3n) is 5.85. The van der Waals surface area contributed by atoms with Crippen LogP contribution in [0.1, 0.15) is 16.9 Å². The van der Waals surface area contributed by atoms with Crippen LogP contribution in [0.3, 0.4) is 0 Å². The quantitative estimate of drug-likeness (QED) is 0.570. The molecule has 2 heterocycles. The Hall–Kier alpha value is -3.23. The Morgan fingerprint density at radius 2 is 1.81 bits per heavy atom. The number of rotatable bonds is 7. The van der Waals surface area contributed by atoms with Crippen LogP contribution >= 0.6 is 0 Å². The zero-order chi connectivity index (χ0) is 22.5. The average Bonchev–Trinajstić information content (AvgIpc) is 2.83. The number of amides is 1. The molecule has 1 aromatic heterocycles. The normalized spacial score (nSPS) is 15.1. The van der Waals surface area contributed by atoms with Crippen LogP contribution in [0.5, 0.6) is 5.75 Å². The van der Waals surface area contributed by atoms with Crippen molar-refractivity contribution in [1.29, 1.82) is 0 Å². The topological polar surface area (TPSA) is 79.7 Å². The van der Waals surface area contributed by atoms with Gasteiger partial charge < -0.3 is 19.9 Å². The van der Waals surface area contributed by atoms with Crippen LogP contribution in [-0.2, 0) is 0 Å². The standard InChI is InChI=1S/C24H29N5O3/c1-27-13-15-28(16-14-27)12-6-11-25-23(30)22-20-9-3-4-10-21(20)24(31)29(26-22)18-7-5-8-19(17-18)32-2/h3-5,7-10,17H,6,11-16H2,1-2H3,(H,25,30). The molecule has 0 saturated carbocycles. The second kappa shape index (κ2) is 9.93. The fourth-order valence-electron chi connectivity index (χ4n) is 3.93. The highest BCUT2D eigenvalue weighted by atomic mass is 16.5. The molecule has 4 rings (SSSR count). The number of likely N-dealkylation sites (N-methyl/N-ethyl adjacent to an activating group) is 1. The Labute approximate surface area is 187 Å². The highest BCUT2D eigenvalue weighted by molar-refractivity contribution is 6.04. The second-order valence-electron chi connectivity index (χ2n) is 8.07. The summed E-state index contributed by atoms with van der Waals surface area (Å²) in [7, 11) is 3.70. The van der Waals surface area contributed by atoms with Crippen molar-refractivity contribution in [3.63, 3.8) is 0 Å². The third kappa shape index (κ3) is 4.81. The highest BCUT2D eigenvalue weighted by Gasteiger charge is 2.18. The number of methoxy groups -OCH3 is 1. The number of fused-ring (bicyclic) bond motifs is 1. The minimum absolute atomic E-state index is 0.239. The molecular formula is C24H29N5O3. The zero-order valence-electron chi connectivity index (χ0n) is 18.6. The van der Waals surface area contributed by atoms with Gasteiger partial charge in [0.1, 0.15) is 5.75 Å². The fourth-order valence-corrected chi connectivity index (χ4v) is 3.93. The Bertz CT molecular complexity index is 1150. The molecule has 1 aliphatic heterocycles. The van der Waals surface area contributed by atoms with E-state index in [4.69, 9.17) is 4.74 Å². The van der Waals surface area contributed by atoms with Crippen LogP contribution in [0.4, 0.5) is 0 Å². The van der Waals surface area contributed by atoms with Gasteiger partial charge in [-0.2, -0.15) is 9.78 Å². The minimum atomic E-state index is -0.281. The first-order valence-corrected chi connectivity index (χ1v) is 10.9. The maximum absolute atomic E-state index is 13.1. The first kappa shape index (κ1) is 22.0. The molecule has 1 N–H and O–H groups in total. The molecule has 0 aliphatic carbocycles. The lowest BCUT2D eigenvalue weighted by molar-refractivity contribution is 0.0944. The molecule has 1 saturated heterocycles. The van der Waals surface area contributed by atoms with Crippen LogP contribution in [0, 0.1) is 0 Å². The second-order valence-corrected chi connectivity index (χ2v) is 8.07. The van der Waals surface area contributed by atoms with Gasteiger partial charge in [-0.05, 0) is 38.2 Å². The predicted molar refractivity (Wildman–Crippen MR) is 125 cm³/mol. The fraction of sp³-hybridized carbons (Fsp3) is 0.375. The predicted octanol–water partition coefficient (Wildman–Crippen LogP) is 1.76. The maximum atomic E-state index is 13.1. The van der Waals surface area contributed by atoms with Crippen molar-refractivity contribution in [3.05, 3.63) is 64.6 Å².